The quantitative estimate of drug-likeness (QED) is 0.701. The Bertz CT molecular complexity index is 148. The number of urea groups is 1. The van der Waals surface area contributed by atoms with E-state index in [0.717, 1.165) is 25.9 Å². The molecule has 1 unspecified atom stereocenters. The predicted molar refractivity (Wildman–Crippen MR) is 55.8 cm³/mol. The summed E-state index contributed by atoms with van der Waals surface area (Å²) in [5.41, 5.74) is 0. The highest BCUT2D eigenvalue weighted by Crippen LogP contribution is 2.02. The van der Waals surface area contributed by atoms with Gasteiger partial charge in [0, 0.05) is 19.1 Å². The maximum absolute atomic E-state index is 11.5. The van der Waals surface area contributed by atoms with Crippen LogP contribution in [-0.4, -0.2) is 30.1 Å². The van der Waals surface area contributed by atoms with Crippen LogP contribution in [0.25, 0.3) is 0 Å². The van der Waals surface area contributed by atoms with E-state index in [2.05, 4.69) is 26.1 Å². The summed E-state index contributed by atoms with van der Waals surface area (Å²) in [4.78, 5) is 13.4. The molecule has 0 heterocycles. The van der Waals surface area contributed by atoms with Gasteiger partial charge in [-0.25, -0.2) is 4.79 Å². The van der Waals surface area contributed by atoms with Crippen molar-refractivity contribution in [3.8, 4) is 0 Å². The lowest BCUT2D eigenvalue weighted by Crippen LogP contribution is -2.44. The van der Waals surface area contributed by atoms with Crippen LogP contribution in [0.2, 0.25) is 0 Å². The van der Waals surface area contributed by atoms with E-state index in [1.54, 1.807) is 0 Å². The third-order valence-corrected chi connectivity index (χ3v) is 2.25. The largest absolute Gasteiger partial charge is 0.338 e. The summed E-state index contributed by atoms with van der Waals surface area (Å²) in [5, 5.41) is 2.89. The van der Waals surface area contributed by atoms with Crippen molar-refractivity contribution in [2.45, 2.75) is 46.6 Å². The van der Waals surface area contributed by atoms with Gasteiger partial charge in [0.1, 0.15) is 0 Å². The van der Waals surface area contributed by atoms with Crippen LogP contribution in [0, 0.1) is 0 Å². The SMILES string of the molecule is CCCNC(=O)N(CC)C(C)CC. The van der Waals surface area contributed by atoms with Crippen molar-refractivity contribution in [2.75, 3.05) is 13.1 Å². The first-order valence-corrected chi connectivity index (χ1v) is 5.21. The second kappa shape index (κ2) is 6.75. The minimum Gasteiger partial charge on any atom is -0.338 e. The summed E-state index contributed by atoms with van der Waals surface area (Å²) in [7, 11) is 0. The van der Waals surface area contributed by atoms with E-state index in [-0.39, 0.29) is 6.03 Å². The molecule has 0 saturated carbocycles. The first kappa shape index (κ1) is 12.3. The molecule has 3 heteroatoms. The molecule has 0 saturated heterocycles. The molecule has 0 aromatic rings. The Balaban J connectivity index is 3.99. The number of carbonyl (C=O) groups excluding carboxylic acids is 1. The minimum absolute atomic E-state index is 0.0682. The maximum atomic E-state index is 11.5. The third kappa shape index (κ3) is 4.15. The van der Waals surface area contributed by atoms with Crippen LogP contribution in [-0.2, 0) is 0 Å². The van der Waals surface area contributed by atoms with E-state index in [1.165, 1.54) is 0 Å². The summed E-state index contributed by atoms with van der Waals surface area (Å²) in [6, 6.07) is 0.403. The first-order chi connectivity index (χ1) is 6.17. The van der Waals surface area contributed by atoms with Crippen molar-refractivity contribution in [2.24, 2.45) is 0 Å². The Hall–Kier alpha value is -0.730. The zero-order valence-corrected chi connectivity index (χ0v) is 9.26. The van der Waals surface area contributed by atoms with Crippen molar-refractivity contribution in [3.63, 3.8) is 0 Å². The molecule has 0 aliphatic carbocycles. The highest BCUT2D eigenvalue weighted by molar-refractivity contribution is 5.74. The van der Waals surface area contributed by atoms with Crippen LogP contribution in [0.4, 0.5) is 4.79 Å². The highest BCUT2D eigenvalue weighted by atomic mass is 16.2. The Morgan fingerprint density at radius 1 is 1.38 bits per heavy atom. The van der Waals surface area contributed by atoms with Crippen LogP contribution in [0.3, 0.4) is 0 Å². The van der Waals surface area contributed by atoms with Crippen molar-refractivity contribution in [1.82, 2.24) is 10.2 Å². The molecule has 0 fully saturated rings. The van der Waals surface area contributed by atoms with Gasteiger partial charge in [-0.3, -0.25) is 0 Å². The average molecular weight is 186 g/mol. The van der Waals surface area contributed by atoms with Gasteiger partial charge in [-0.05, 0) is 26.7 Å². The Morgan fingerprint density at radius 3 is 2.38 bits per heavy atom. The molecule has 3 nitrogen and oxygen atoms in total. The molecule has 0 aliphatic rings. The topological polar surface area (TPSA) is 32.3 Å². The Morgan fingerprint density at radius 2 is 2.00 bits per heavy atom. The highest BCUT2D eigenvalue weighted by Gasteiger charge is 2.15. The number of hydrogen-bond donors (Lipinski definition) is 1. The molecule has 13 heavy (non-hydrogen) atoms. The lowest BCUT2D eigenvalue weighted by atomic mass is 10.2. The molecule has 0 rings (SSSR count). The zero-order valence-electron chi connectivity index (χ0n) is 9.26. The third-order valence-electron chi connectivity index (χ3n) is 2.25. The predicted octanol–water partition coefficient (Wildman–Crippen LogP) is 2.23. The second-order valence-corrected chi connectivity index (χ2v) is 3.28. The number of carbonyl (C=O) groups is 1. The number of rotatable bonds is 5. The summed E-state index contributed by atoms with van der Waals surface area (Å²) in [6.07, 6.45) is 2.00. The van der Waals surface area contributed by atoms with E-state index in [9.17, 15) is 4.79 Å². The van der Waals surface area contributed by atoms with Gasteiger partial charge >= 0.3 is 6.03 Å². The minimum atomic E-state index is 0.0682. The van der Waals surface area contributed by atoms with Crippen molar-refractivity contribution >= 4 is 6.03 Å². The fraction of sp³-hybridized carbons (Fsp3) is 0.900. The van der Waals surface area contributed by atoms with Crippen LogP contribution in [0.15, 0.2) is 0 Å². The fourth-order valence-corrected chi connectivity index (χ4v) is 1.21. The van der Waals surface area contributed by atoms with Gasteiger partial charge in [0.2, 0.25) is 0 Å². The van der Waals surface area contributed by atoms with Gasteiger partial charge in [-0.15, -0.1) is 0 Å². The van der Waals surface area contributed by atoms with Crippen LogP contribution in [0.5, 0.6) is 0 Å². The van der Waals surface area contributed by atoms with E-state index in [4.69, 9.17) is 0 Å². The molecule has 0 spiro atoms. The second-order valence-electron chi connectivity index (χ2n) is 3.28. The molecule has 0 bridgehead atoms. The van der Waals surface area contributed by atoms with Crippen LogP contribution < -0.4 is 5.32 Å². The molecule has 0 aromatic carbocycles. The van der Waals surface area contributed by atoms with Gasteiger partial charge in [0.25, 0.3) is 0 Å². The van der Waals surface area contributed by atoms with E-state index in [0.29, 0.717) is 6.04 Å². The molecular formula is C10H22N2O. The van der Waals surface area contributed by atoms with Crippen molar-refractivity contribution < 1.29 is 4.79 Å². The molecule has 2 amide bonds. The lowest BCUT2D eigenvalue weighted by molar-refractivity contribution is 0.181. The number of nitrogens with one attached hydrogen (secondary N) is 1. The number of amides is 2. The van der Waals surface area contributed by atoms with Crippen LogP contribution in [0.1, 0.15) is 40.5 Å². The van der Waals surface area contributed by atoms with E-state index < -0.39 is 0 Å². The smallest absolute Gasteiger partial charge is 0.317 e. The molecule has 0 aliphatic heterocycles. The van der Waals surface area contributed by atoms with Gasteiger partial charge < -0.3 is 10.2 Å². The summed E-state index contributed by atoms with van der Waals surface area (Å²) < 4.78 is 0. The van der Waals surface area contributed by atoms with E-state index >= 15 is 0 Å². The van der Waals surface area contributed by atoms with Crippen molar-refractivity contribution in [3.05, 3.63) is 0 Å². The summed E-state index contributed by atoms with van der Waals surface area (Å²) in [6.45, 7) is 9.79. The monoisotopic (exact) mass is 186 g/mol. The Labute approximate surface area is 81.5 Å². The molecule has 0 aromatic heterocycles. The average Bonchev–Trinajstić information content (AvgIpc) is 2.15. The van der Waals surface area contributed by atoms with E-state index in [1.807, 2.05) is 11.8 Å². The summed E-state index contributed by atoms with van der Waals surface area (Å²) in [5.74, 6) is 0. The Kier molecular flexibility index (Phi) is 6.37. The normalized spacial score (nSPS) is 12.3. The molecule has 1 N–H and O–H groups in total. The first-order valence-electron chi connectivity index (χ1n) is 5.21. The van der Waals surface area contributed by atoms with Gasteiger partial charge in [-0.2, -0.15) is 0 Å². The molecule has 0 radical (unpaired) electrons. The molecule has 1 atom stereocenters. The van der Waals surface area contributed by atoms with Crippen molar-refractivity contribution in [1.29, 1.82) is 0 Å². The van der Waals surface area contributed by atoms with Gasteiger partial charge in [-0.1, -0.05) is 13.8 Å². The number of hydrogen-bond acceptors (Lipinski definition) is 1. The number of nitrogens with zero attached hydrogens (tertiary/aromatic N) is 1. The van der Waals surface area contributed by atoms with Gasteiger partial charge in [0.05, 0.1) is 0 Å². The molecule has 78 valence electrons. The van der Waals surface area contributed by atoms with Crippen LogP contribution >= 0.6 is 0 Å². The standard InChI is InChI=1S/C10H22N2O/c1-5-8-11-10(13)12(7-3)9(4)6-2/h9H,5-8H2,1-4H3,(H,11,13). The summed E-state index contributed by atoms with van der Waals surface area (Å²) >= 11 is 0. The molecular weight excluding hydrogens is 164 g/mol. The fourth-order valence-electron chi connectivity index (χ4n) is 1.21. The van der Waals surface area contributed by atoms with Gasteiger partial charge in [0.15, 0.2) is 0 Å². The lowest BCUT2D eigenvalue weighted by Gasteiger charge is -2.27. The maximum Gasteiger partial charge on any atom is 0.317 e. The zero-order chi connectivity index (χ0) is 10.3.